The second-order valence-electron chi connectivity index (χ2n) is 8.31. The Labute approximate surface area is 197 Å². The van der Waals surface area contributed by atoms with Crippen LogP contribution in [-0.4, -0.2) is 26.4 Å². The minimum atomic E-state index is -0.377. The molecular formula is C27H24N4OS. The van der Waals surface area contributed by atoms with Gasteiger partial charge in [-0.05, 0) is 68.2 Å². The number of hydrogen-bond acceptors (Lipinski definition) is 3. The highest BCUT2D eigenvalue weighted by Crippen LogP contribution is 2.37. The Balaban J connectivity index is 1.57. The maximum Gasteiger partial charge on any atom is 0.283 e. The number of nitrogens with one attached hydrogen (secondary N) is 1. The zero-order chi connectivity index (χ0) is 23.3. The molecule has 0 bridgehead atoms. The highest BCUT2D eigenvalue weighted by Gasteiger charge is 2.36. The number of carbonyl (C=O) groups excluding carboxylic acids is 1. The second-order valence-corrected chi connectivity index (χ2v) is 9.15. The van der Waals surface area contributed by atoms with Crippen molar-refractivity contribution in [1.82, 2.24) is 9.47 Å². The summed E-state index contributed by atoms with van der Waals surface area (Å²) in [7, 11) is 0. The average Bonchev–Trinajstić information content (AvgIpc) is 3.34. The summed E-state index contributed by atoms with van der Waals surface area (Å²) >= 11 is 1.38. The Bertz CT molecular complexity index is 1410. The van der Waals surface area contributed by atoms with Crippen LogP contribution in [0, 0.1) is 33.1 Å². The van der Waals surface area contributed by atoms with E-state index >= 15 is 0 Å². The van der Waals surface area contributed by atoms with Gasteiger partial charge in [-0.3, -0.25) is 15.1 Å². The Morgan fingerprint density at radius 1 is 1.00 bits per heavy atom. The smallest absolute Gasteiger partial charge is 0.283 e. The highest BCUT2D eigenvalue weighted by molar-refractivity contribution is 8.17. The molecule has 0 aliphatic carbocycles. The SMILES string of the molecule is Cc1cccc(-n2c(C)cc(/C=C3/C(=N)N4C(c5ccccc5)=CSC4=NC3=O)c2C)c1C. The van der Waals surface area contributed by atoms with Gasteiger partial charge in [0.15, 0.2) is 5.17 Å². The van der Waals surface area contributed by atoms with Gasteiger partial charge in [0.05, 0.1) is 11.3 Å². The number of benzene rings is 2. The summed E-state index contributed by atoms with van der Waals surface area (Å²) in [4.78, 5) is 19.0. The molecule has 0 saturated carbocycles. The zero-order valence-corrected chi connectivity index (χ0v) is 19.8. The lowest BCUT2D eigenvalue weighted by Gasteiger charge is -2.26. The number of nitrogens with zero attached hydrogens (tertiary/aromatic N) is 3. The molecule has 6 heteroatoms. The molecule has 1 aromatic heterocycles. The van der Waals surface area contributed by atoms with Crippen molar-refractivity contribution < 1.29 is 4.79 Å². The Hall–Kier alpha value is -3.64. The number of carbonyl (C=O) groups is 1. The fraction of sp³-hybridized carbons (Fsp3) is 0.148. The lowest BCUT2D eigenvalue weighted by Crippen LogP contribution is -2.38. The summed E-state index contributed by atoms with van der Waals surface area (Å²) in [5.41, 5.74) is 8.75. The summed E-state index contributed by atoms with van der Waals surface area (Å²) in [6, 6.07) is 18.2. The van der Waals surface area contributed by atoms with Gasteiger partial charge in [0.2, 0.25) is 0 Å². The van der Waals surface area contributed by atoms with Crippen molar-refractivity contribution in [3.05, 3.63) is 99.2 Å². The highest BCUT2D eigenvalue weighted by atomic mass is 32.2. The third-order valence-corrected chi connectivity index (χ3v) is 7.10. The van der Waals surface area contributed by atoms with Crippen LogP contribution in [0.5, 0.6) is 0 Å². The summed E-state index contributed by atoms with van der Waals surface area (Å²) in [5.74, 6) is -0.223. The average molecular weight is 453 g/mol. The minimum absolute atomic E-state index is 0.154. The maximum atomic E-state index is 12.9. The first-order valence-corrected chi connectivity index (χ1v) is 11.7. The maximum absolute atomic E-state index is 12.9. The zero-order valence-electron chi connectivity index (χ0n) is 19.0. The molecule has 33 heavy (non-hydrogen) atoms. The van der Waals surface area contributed by atoms with Crippen LogP contribution in [-0.2, 0) is 4.79 Å². The molecular weight excluding hydrogens is 428 g/mol. The number of aliphatic imine (C=N–C) groups is 1. The van der Waals surface area contributed by atoms with E-state index in [4.69, 9.17) is 5.41 Å². The van der Waals surface area contributed by atoms with E-state index in [0.717, 1.165) is 33.9 Å². The quantitative estimate of drug-likeness (QED) is 0.495. The predicted octanol–water partition coefficient (Wildman–Crippen LogP) is 6.02. The predicted molar refractivity (Wildman–Crippen MR) is 137 cm³/mol. The van der Waals surface area contributed by atoms with E-state index in [1.54, 1.807) is 11.0 Å². The minimum Gasteiger partial charge on any atom is -0.318 e. The molecule has 0 fully saturated rings. The van der Waals surface area contributed by atoms with Crippen LogP contribution >= 0.6 is 11.8 Å². The van der Waals surface area contributed by atoms with E-state index < -0.39 is 0 Å². The number of hydrogen-bond donors (Lipinski definition) is 1. The molecule has 1 N–H and O–H groups in total. The standard InChI is InChI=1S/C27H24N4OS/c1-16-9-8-12-23(18(16)3)30-17(2)13-21(19(30)4)14-22-25(28)31-24(20-10-6-5-7-11-20)15-33-27(31)29-26(22)32/h5-15,28H,1-4H3/b22-14-,28-25?. The van der Waals surface area contributed by atoms with Crippen molar-refractivity contribution in [1.29, 1.82) is 5.41 Å². The molecule has 0 radical (unpaired) electrons. The first kappa shape index (κ1) is 21.2. The van der Waals surface area contributed by atoms with Gasteiger partial charge in [0.1, 0.15) is 5.84 Å². The van der Waals surface area contributed by atoms with Crippen molar-refractivity contribution in [3.63, 3.8) is 0 Å². The molecule has 1 amide bonds. The number of rotatable bonds is 3. The molecule has 2 aliphatic rings. The molecule has 5 nitrogen and oxygen atoms in total. The van der Waals surface area contributed by atoms with E-state index in [1.165, 1.54) is 22.9 Å². The molecule has 164 valence electrons. The van der Waals surface area contributed by atoms with Gasteiger partial charge >= 0.3 is 0 Å². The molecule has 0 saturated heterocycles. The van der Waals surface area contributed by atoms with E-state index in [0.29, 0.717) is 10.7 Å². The Morgan fingerprint density at radius 3 is 2.52 bits per heavy atom. The molecule has 2 aliphatic heterocycles. The number of aryl methyl sites for hydroxylation is 2. The van der Waals surface area contributed by atoms with Crippen molar-refractivity contribution in [3.8, 4) is 5.69 Å². The topological polar surface area (TPSA) is 61.5 Å². The first-order chi connectivity index (χ1) is 15.9. The molecule has 0 spiro atoms. The number of amidine groups is 2. The second kappa shape index (κ2) is 8.05. The lowest BCUT2D eigenvalue weighted by atomic mass is 10.1. The van der Waals surface area contributed by atoms with Gasteiger partial charge in [0, 0.05) is 22.5 Å². The monoisotopic (exact) mass is 452 g/mol. The fourth-order valence-electron chi connectivity index (χ4n) is 4.35. The Morgan fingerprint density at radius 2 is 1.76 bits per heavy atom. The van der Waals surface area contributed by atoms with Crippen molar-refractivity contribution in [2.75, 3.05) is 0 Å². The third-order valence-electron chi connectivity index (χ3n) is 6.27. The van der Waals surface area contributed by atoms with E-state index in [9.17, 15) is 4.79 Å². The molecule has 3 aromatic rings. The van der Waals surface area contributed by atoms with Crippen LogP contribution in [0.15, 0.2) is 70.6 Å². The lowest BCUT2D eigenvalue weighted by molar-refractivity contribution is -0.114. The Kier molecular flexibility index (Phi) is 5.17. The largest absolute Gasteiger partial charge is 0.318 e. The van der Waals surface area contributed by atoms with Crippen LogP contribution in [0.4, 0.5) is 0 Å². The summed E-state index contributed by atoms with van der Waals surface area (Å²) in [6.07, 6.45) is 1.81. The molecule has 3 heterocycles. The van der Waals surface area contributed by atoms with Gasteiger partial charge in [-0.25, -0.2) is 0 Å². The van der Waals surface area contributed by atoms with Gasteiger partial charge in [-0.1, -0.05) is 54.2 Å². The van der Waals surface area contributed by atoms with E-state index in [1.807, 2.05) is 42.7 Å². The van der Waals surface area contributed by atoms with Gasteiger partial charge < -0.3 is 4.57 Å². The summed E-state index contributed by atoms with van der Waals surface area (Å²) in [6.45, 7) is 8.35. The fourth-order valence-corrected chi connectivity index (χ4v) is 5.24. The first-order valence-electron chi connectivity index (χ1n) is 10.8. The van der Waals surface area contributed by atoms with Crippen molar-refractivity contribution in [2.24, 2.45) is 4.99 Å². The molecule has 0 unspecified atom stereocenters. The third kappa shape index (κ3) is 3.47. The van der Waals surface area contributed by atoms with Crippen LogP contribution in [0.25, 0.3) is 17.5 Å². The van der Waals surface area contributed by atoms with Gasteiger partial charge in [-0.15, -0.1) is 0 Å². The van der Waals surface area contributed by atoms with Crippen LogP contribution in [0.3, 0.4) is 0 Å². The van der Waals surface area contributed by atoms with Gasteiger partial charge in [-0.2, -0.15) is 4.99 Å². The van der Waals surface area contributed by atoms with Crippen molar-refractivity contribution >= 4 is 40.4 Å². The van der Waals surface area contributed by atoms with E-state index in [-0.39, 0.29) is 11.7 Å². The number of fused-ring (bicyclic) bond motifs is 1. The number of thioether (sulfide) groups is 1. The van der Waals surface area contributed by atoms with Crippen molar-refractivity contribution in [2.45, 2.75) is 27.7 Å². The van der Waals surface area contributed by atoms with Gasteiger partial charge in [0.25, 0.3) is 5.91 Å². The molecule has 0 atom stereocenters. The van der Waals surface area contributed by atoms with Crippen LogP contribution < -0.4 is 0 Å². The number of amides is 1. The number of aromatic nitrogens is 1. The molecule has 5 rings (SSSR count). The van der Waals surface area contributed by atoms with Crippen LogP contribution in [0.1, 0.15) is 33.6 Å². The van der Waals surface area contributed by atoms with E-state index in [2.05, 4.69) is 54.6 Å². The summed E-state index contributed by atoms with van der Waals surface area (Å²) in [5, 5.41) is 11.4. The van der Waals surface area contributed by atoms with Crippen LogP contribution in [0.2, 0.25) is 0 Å². The molecule has 2 aromatic carbocycles. The summed E-state index contributed by atoms with van der Waals surface area (Å²) < 4.78 is 2.21. The normalized spacial score (nSPS) is 16.8.